The van der Waals surface area contributed by atoms with E-state index in [0.29, 0.717) is 41.8 Å². The van der Waals surface area contributed by atoms with Gasteiger partial charge in [-0.1, -0.05) is 35.3 Å². The summed E-state index contributed by atoms with van der Waals surface area (Å²) in [7, 11) is 0. The molecule has 2 aromatic carbocycles. The van der Waals surface area contributed by atoms with Gasteiger partial charge in [-0.05, 0) is 35.9 Å². The SMILES string of the molecule is O=C(Cc1ccc(F)cc1)N1CCN(C(=O)c2cc(Cl)ccc2Cl)CC1. The molecule has 0 unspecified atom stereocenters. The molecule has 1 heterocycles. The van der Waals surface area contributed by atoms with Crippen LogP contribution >= 0.6 is 23.2 Å². The number of carbonyl (C=O) groups excluding carboxylic acids is 2. The molecule has 0 aliphatic carbocycles. The predicted octanol–water partition coefficient (Wildman–Crippen LogP) is 3.66. The van der Waals surface area contributed by atoms with Crippen LogP contribution < -0.4 is 0 Å². The monoisotopic (exact) mass is 394 g/mol. The van der Waals surface area contributed by atoms with Crippen LogP contribution in [0.3, 0.4) is 0 Å². The van der Waals surface area contributed by atoms with Crippen LogP contribution in [0, 0.1) is 5.82 Å². The van der Waals surface area contributed by atoms with E-state index in [9.17, 15) is 14.0 Å². The van der Waals surface area contributed by atoms with Crippen LogP contribution in [-0.4, -0.2) is 47.8 Å². The molecule has 0 radical (unpaired) electrons. The van der Waals surface area contributed by atoms with Gasteiger partial charge in [0.2, 0.25) is 5.91 Å². The number of amides is 2. The Morgan fingerprint density at radius 1 is 0.923 bits per heavy atom. The van der Waals surface area contributed by atoms with Gasteiger partial charge < -0.3 is 9.80 Å². The van der Waals surface area contributed by atoms with E-state index in [2.05, 4.69) is 0 Å². The van der Waals surface area contributed by atoms with Gasteiger partial charge in [-0.3, -0.25) is 9.59 Å². The minimum atomic E-state index is -0.326. The highest BCUT2D eigenvalue weighted by Gasteiger charge is 2.26. The fourth-order valence-corrected chi connectivity index (χ4v) is 3.25. The summed E-state index contributed by atoms with van der Waals surface area (Å²) < 4.78 is 12.9. The highest BCUT2D eigenvalue weighted by Crippen LogP contribution is 2.22. The Labute approximate surface area is 161 Å². The van der Waals surface area contributed by atoms with Gasteiger partial charge in [0.15, 0.2) is 0 Å². The van der Waals surface area contributed by atoms with Gasteiger partial charge in [0.05, 0.1) is 17.0 Å². The average Bonchev–Trinajstić information content (AvgIpc) is 2.65. The molecule has 136 valence electrons. The maximum Gasteiger partial charge on any atom is 0.255 e. The van der Waals surface area contributed by atoms with E-state index in [1.807, 2.05) is 0 Å². The standard InChI is InChI=1S/C19H17Cl2FN2O2/c20-14-3-6-17(21)16(12-14)19(26)24-9-7-23(8-10-24)18(25)11-13-1-4-15(22)5-2-13/h1-6,12H,7-11H2. The number of nitrogens with zero attached hydrogens (tertiary/aromatic N) is 2. The van der Waals surface area contributed by atoms with E-state index >= 15 is 0 Å². The largest absolute Gasteiger partial charge is 0.339 e. The molecule has 0 bridgehead atoms. The number of rotatable bonds is 3. The molecule has 0 spiro atoms. The van der Waals surface area contributed by atoms with Crippen molar-refractivity contribution in [2.24, 2.45) is 0 Å². The molecule has 1 aliphatic heterocycles. The van der Waals surface area contributed by atoms with Gasteiger partial charge in [0.1, 0.15) is 5.82 Å². The minimum absolute atomic E-state index is 0.0375. The summed E-state index contributed by atoms with van der Waals surface area (Å²) in [6.07, 6.45) is 0.217. The van der Waals surface area contributed by atoms with Crippen LogP contribution in [0.15, 0.2) is 42.5 Å². The number of benzene rings is 2. The highest BCUT2D eigenvalue weighted by atomic mass is 35.5. The first-order valence-electron chi connectivity index (χ1n) is 8.20. The molecule has 0 aromatic heterocycles. The summed E-state index contributed by atoms with van der Waals surface area (Å²) in [6.45, 7) is 1.75. The number of carbonyl (C=O) groups is 2. The summed E-state index contributed by atoms with van der Waals surface area (Å²) in [5.41, 5.74) is 1.13. The number of halogens is 3. The Hall–Kier alpha value is -2.11. The van der Waals surface area contributed by atoms with Crippen molar-refractivity contribution in [1.82, 2.24) is 9.80 Å². The fraction of sp³-hybridized carbons (Fsp3) is 0.263. The highest BCUT2D eigenvalue weighted by molar-refractivity contribution is 6.35. The van der Waals surface area contributed by atoms with Gasteiger partial charge in [-0.2, -0.15) is 0 Å². The molecular weight excluding hydrogens is 378 g/mol. The van der Waals surface area contributed by atoms with Crippen LogP contribution in [0.5, 0.6) is 0 Å². The third-order valence-electron chi connectivity index (χ3n) is 4.35. The Morgan fingerprint density at radius 3 is 2.19 bits per heavy atom. The van der Waals surface area contributed by atoms with Crippen LogP contribution in [0.4, 0.5) is 4.39 Å². The number of piperazine rings is 1. The number of hydrogen-bond acceptors (Lipinski definition) is 2. The normalized spacial score (nSPS) is 14.4. The Morgan fingerprint density at radius 2 is 1.54 bits per heavy atom. The summed E-state index contributed by atoms with van der Waals surface area (Å²) >= 11 is 12.0. The second-order valence-corrected chi connectivity index (χ2v) is 6.94. The van der Waals surface area contributed by atoms with Crippen LogP contribution in [0.25, 0.3) is 0 Å². The lowest BCUT2D eigenvalue weighted by Crippen LogP contribution is -2.51. The minimum Gasteiger partial charge on any atom is -0.339 e. The lowest BCUT2D eigenvalue weighted by molar-refractivity contribution is -0.131. The second kappa shape index (κ2) is 8.06. The van der Waals surface area contributed by atoms with Crippen molar-refractivity contribution in [3.63, 3.8) is 0 Å². The molecule has 26 heavy (non-hydrogen) atoms. The number of hydrogen-bond donors (Lipinski definition) is 0. The van der Waals surface area contributed by atoms with Crippen molar-refractivity contribution in [3.05, 3.63) is 69.5 Å². The van der Waals surface area contributed by atoms with E-state index in [1.165, 1.54) is 12.1 Å². The summed E-state index contributed by atoms with van der Waals surface area (Å²) in [5, 5.41) is 0.806. The second-order valence-electron chi connectivity index (χ2n) is 6.10. The van der Waals surface area contributed by atoms with Crippen molar-refractivity contribution in [2.75, 3.05) is 26.2 Å². The molecule has 2 amide bonds. The van der Waals surface area contributed by atoms with E-state index < -0.39 is 0 Å². The molecule has 0 N–H and O–H groups in total. The quantitative estimate of drug-likeness (QED) is 0.796. The van der Waals surface area contributed by atoms with Gasteiger partial charge in [-0.15, -0.1) is 0 Å². The van der Waals surface area contributed by atoms with E-state index in [1.54, 1.807) is 40.1 Å². The van der Waals surface area contributed by atoms with Crippen molar-refractivity contribution < 1.29 is 14.0 Å². The van der Waals surface area contributed by atoms with E-state index in [0.717, 1.165) is 5.56 Å². The van der Waals surface area contributed by atoms with Gasteiger partial charge in [0.25, 0.3) is 5.91 Å². The lowest BCUT2D eigenvalue weighted by atomic mass is 10.1. The molecule has 1 fully saturated rings. The zero-order valence-corrected chi connectivity index (χ0v) is 15.4. The molecule has 1 saturated heterocycles. The summed E-state index contributed by atoms with van der Waals surface area (Å²) in [5.74, 6) is -0.555. The topological polar surface area (TPSA) is 40.6 Å². The smallest absolute Gasteiger partial charge is 0.255 e. The first kappa shape index (κ1) is 18.7. The van der Waals surface area contributed by atoms with Crippen LogP contribution in [0.2, 0.25) is 10.0 Å². The molecule has 1 aliphatic rings. The third-order valence-corrected chi connectivity index (χ3v) is 4.91. The van der Waals surface area contributed by atoms with E-state index in [-0.39, 0.29) is 24.1 Å². The van der Waals surface area contributed by atoms with Gasteiger partial charge in [0, 0.05) is 31.2 Å². The molecule has 4 nitrogen and oxygen atoms in total. The van der Waals surface area contributed by atoms with Crippen molar-refractivity contribution in [3.8, 4) is 0 Å². The molecular formula is C19H17Cl2FN2O2. The first-order chi connectivity index (χ1) is 12.4. The van der Waals surface area contributed by atoms with Gasteiger partial charge >= 0.3 is 0 Å². The van der Waals surface area contributed by atoms with Crippen molar-refractivity contribution in [2.45, 2.75) is 6.42 Å². The zero-order chi connectivity index (χ0) is 18.7. The maximum absolute atomic E-state index is 12.9. The maximum atomic E-state index is 12.9. The molecule has 3 rings (SSSR count). The first-order valence-corrected chi connectivity index (χ1v) is 8.96. The van der Waals surface area contributed by atoms with Gasteiger partial charge in [-0.25, -0.2) is 4.39 Å². The predicted molar refractivity (Wildman–Crippen MR) is 99.0 cm³/mol. The third kappa shape index (κ3) is 4.34. The Kier molecular flexibility index (Phi) is 5.79. The average molecular weight is 395 g/mol. The molecule has 2 aromatic rings. The summed E-state index contributed by atoms with van der Waals surface area (Å²) in [4.78, 5) is 28.4. The zero-order valence-electron chi connectivity index (χ0n) is 13.9. The van der Waals surface area contributed by atoms with Crippen molar-refractivity contribution in [1.29, 1.82) is 0 Å². The van der Waals surface area contributed by atoms with Crippen LogP contribution in [-0.2, 0) is 11.2 Å². The fourth-order valence-electron chi connectivity index (χ4n) is 2.88. The van der Waals surface area contributed by atoms with Crippen molar-refractivity contribution >= 4 is 35.0 Å². The Bertz CT molecular complexity index is 819. The molecule has 0 saturated carbocycles. The van der Waals surface area contributed by atoms with E-state index in [4.69, 9.17) is 23.2 Å². The molecule has 7 heteroatoms. The lowest BCUT2D eigenvalue weighted by Gasteiger charge is -2.35. The molecule has 0 atom stereocenters. The Balaban J connectivity index is 1.58. The summed E-state index contributed by atoms with van der Waals surface area (Å²) in [6, 6.07) is 10.7. The van der Waals surface area contributed by atoms with Crippen LogP contribution in [0.1, 0.15) is 15.9 Å².